The summed E-state index contributed by atoms with van der Waals surface area (Å²) >= 11 is 1.69. The van der Waals surface area contributed by atoms with Crippen molar-refractivity contribution in [2.45, 2.75) is 33.2 Å². The van der Waals surface area contributed by atoms with Gasteiger partial charge in [0.05, 0.1) is 5.75 Å². The number of amides is 1. The van der Waals surface area contributed by atoms with E-state index in [4.69, 9.17) is 0 Å². The molecule has 22 heavy (non-hydrogen) atoms. The number of aryl methyl sites for hydroxylation is 1. The Bertz CT molecular complexity index is 612. The first-order chi connectivity index (χ1) is 10.7. The van der Waals surface area contributed by atoms with Crippen LogP contribution in [0.15, 0.2) is 30.7 Å². The number of rotatable bonds is 8. The maximum atomic E-state index is 11.8. The van der Waals surface area contributed by atoms with E-state index in [-0.39, 0.29) is 5.91 Å². The van der Waals surface area contributed by atoms with Gasteiger partial charge in [0.15, 0.2) is 0 Å². The van der Waals surface area contributed by atoms with Crippen LogP contribution >= 0.6 is 11.8 Å². The van der Waals surface area contributed by atoms with Gasteiger partial charge in [-0.25, -0.2) is 9.97 Å². The first kappa shape index (κ1) is 16.5. The molecule has 2 aromatic rings. The zero-order valence-electron chi connectivity index (χ0n) is 13.1. The fourth-order valence-electron chi connectivity index (χ4n) is 1.99. The zero-order chi connectivity index (χ0) is 15.8. The van der Waals surface area contributed by atoms with Crippen LogP contribution in [0.5, 0.6) is 0 Å². The standard InChI is InChI=1S/C16H22N4OS/c1-3-4-9-22-12-16(21)19-11-14-5-6-18-15(10-14)20-8-7-17-13(20)2/h5-8,10H,3-4,9,11-12H2,1-2H3,(H,19,21). The van der Waals surface area contributed by atoms with Crippen LogP contribution in [0, 0.1) is 6.92 Å². The van der Waals surface area contributed by atoms with Crippen molar-refractivity contribution in [2.75, 3.05) is 11.5 Å². The number of hydrogen-bond donors (Lipinski definition) is 1. The SMILES string of the molecule is CCCCSCC(=O)NCc1ccnc(-n2ccnc2C)c1. The molecule has 0 saturated heterocycles. The van der Waals surface area contributed by atoms with Crippen molar-refractivity contribution in [1.82, 2.24) is 19.9 Å². The van der Waals surface area contributed by atoms with Gasteiger partial charge in [0.1, 0.15) is 11.6 Å². The Labute approximate surface area is 135 Å². The van der Waals surface area contributed by atoms with Gasteiger partial charge in [0.2, 0.25) is 5.91 Å². The van der Waals surface area contributed by atoms with E-state index >= 15 is 0 Å². The second-order valence-electron chi connectivity index (χ2n) is 5.05. The molecule has 2 aromatic heterocycles. The molecule has 6 heteroatoms. The molecule has 0 bridgehead atoms. The number of nitrogens with one attached hydrogen (secondary N) is 1. The fraction of sp³-hybridized carbons (Fsp3) is 0.438. The number of aromatic nitrogens is 3. The number of hydrogen-bond acceptors (Lipinski definition) is 4. The Hall–Kier alpha value is -1.82. The quantitative estimate of drug-likeness (QED) is 0.760. The highest BCUT2D eigenvalue weighted by molar-refractivity contribution is 7.99. The summed E-state index contributed by atoms with van der Waals surface area (Å²) in [6, 6.07) is 3.89. The summed E-state index contributed by atoms with van der Waals surface area (Å²) in [7, 11) is 0. The second kappa shape index (κ2) is 8.58. The van der Waals surface area contributed by atoms with Crippen LogP contribution in [-0.2, 0) is 11.3 Å². The molecule has 0 unspecified atom stereocenters. The molecule has 0 atom stereocenters. The molecule has 0 aromatic carbocycles. The van der Waals surface area contributed by atoms with Gasteiger partial charge in [-0.05, 0) is 36.8 Å². The van der Waals surface area contributed by atoms with Gasteiger partial charge in [-0.1, -0.05) is 13.3 Å². The number of unbranched alkanes of at least 4 members (excludes halogenated alkanes) is 1. The first-order valence-corrected chi connectivity index (χ1v) is 8.66. The van der Waals surface area contributed by atoms with Gasteiger partial charge >= 0.3 is 0 Å². The van der Waals surface area contributed by atoms with Crippen LogP contribution in [0.4, 0.5) is 0 Å². The lowest BCUT2D eigenvalue weighted by Crippen LogP contribution is -2.24. The van der Waals surface area contributed by atoms with Gasteiger partial charge in [-0.15, -0.1) is 0 Å². The van der Waals surface area contributed by atoms with Crippen LogP contribution in [-0.4, -0.2) is 31.9 Å². The van der Waals surface area contributed by atoms with Crippen molar-refractivity contribution in [2.24, 2.45) is 0 Å². The number of carbonyl (C=O) groups excluding carboxylic acids is 1. The summed E-state index contributed by atoms with van der Waals surface area (Å²) < 4.78 is 1.92. The molecule has 2 rings (SSSR count). The van der Waals surface area contributed by atoms with Gasteiger partial charge in [-0.3, -0.25) is 9.36 Å². The molecule has 0 saturated carbocycles. The molecule has 0 spiro atoms. The van der Waals surface area contributed by atoms with E-state index in [1.54, 1.807) is 24.2 Å². The number of imidazole rings is 1. The van der Waals surface area contributed by atoms with E-state index in [0.29, 0.717) is 12.3 Å². The van der Waals surface area contributed by atoms with E-state index < -0.39 is 0 Å². The van der Waals surface area contributed by atoms with Crippen LogP contribution in [0.25, 0.3) is 5.82 Å². The van der Waals surface area contributed by atoms with Crippen molar-refractivity contribution in [3.05, 3.63) is 42.1 Å². The molecular formula is C16H22N4OS. The average Bonchev–Trinajstić information content (AvgIpc) is 2.96. The Balaban J connectivity index is 1.86. The molecule has 0 fully saturated rings. The Kier molecular flexibility index (Phi) is 6.45. The highest BCUT2D eigenvalue weighted by Crippen LogP contribution is 2.10. The predicted molar refractivity (Wildman–Crippen MR) is 90.2 cm³/mol. The van der Waals surface area contributed by atoms with Gasteiger partial charge < -0.3 is 5.32 Å². The van der Waals surface area contributed by atoms with Crippen molar-refractivity contribution >= 4 is 17.7 Å². The molecule has 0 radical (unpaired) electrons. The highest BCUT2D eigenvalue weighted by atomic mass is 32.2. The van der Waals surface area contributed by atoms with Crippen LogP contribution in [0.2, 0.25) is 0 Å². The first-order valence-electron chi connectivity index (χ1n) is 7.50. The lowest BCUT2D eigenvalue weighted by Gasteiger charge is -2.08. The minimum Gasteiger partial charge on any atom is -0.351 e. The van der Waals surface area contributed by atoms with Crippen molar-refractivity contribution in [1.29, 1.82) is 0 Å². The van der Waals surface area contributed by atoms with E-state index in [1.807, 2.05) is 29.8 Å². The smallest absolute Gasteiger partial charge is 0.230 e. The molecule has 2 heterocycles. The zero-order valence-corrected chi connectivity index (χ0v) is 13.9. The number of thioether (sulfide) groups is 1. The predicted octanol–water partition coefficient (Wildman–Crippen LogP) is 2.73. The summed E-state index contributed by atoms with van der Waals surface area (Å²) in [6.07, 6.45) is 7.72. The third-order valence-corrected chi connectivity index (χ3v) is 4.29. The van der Waals surface area contributed by atoms with E-state index in [1.165, 1.54) is 6.42 Å². The summed E-state index contributed by atoms with van der Waals surface area (Å²) in [5, 5.41) is 2.95. The van der Waals surface area contributed by atoms with Crippen LogP contribution in [0.3, 0.4) is 0 Å². The monoisotopic (exact) mass is 318 g/mol. The third kappa shape index (κ3) is 4.87. The molecule has 0 aliphatic heterocycles. The molecule has 0 aliphatic rings. The van der Waals surface area contributed by atoms with Crippen molar-refractivity contribution in [3.8, 4) is 5.82 Å². The molecule has 118 valence electrons. The van der Waals surface area contributed by atoms with E-state index in [2.05, 4.69) is 22.2 Å². The molecule has 0 aliphatic carbocycles. The van der Waals surface area contributed by atoms with Crippen LogP contribution < -0.4 is 5.32 Å². The minimum absolute atomic E-state index is 0.0817. The van der Waals surface area contributed by atoms with Gasteiger partial charge in [0.25, 0.3) is 0 Å². The Morgan fingerprint density at radius 2 is 2.23 bits per heavy atom. The fourth-order valence-corrected chi connectivity index (χ4v) is 2.91. The maximum Gasteiger partial charge on any atom is 0.230 e. The van der Waals surface area contributed by atoms with E-state index in [9.17, 15) is 4.79 Å². The number of pyridine rings is 1. The Morgan fingerprint density at radius 1 is 1.36 bits per heavy atom. The summed E-state index contributed by atoms with van der Waals surface area (Å²) in [5.41, 5.74) is 1.03. The normalized spacial score (nSPS) is 10.6. The number of carbonyl (C=O) groups is 1. The summed E-state index contributed by atoms with van der Waals surface area (Å²) in [4.78, 5) is 20.3. The maximum absolute atomic E-state index is 11.8. The molecule has 5 nitrogen and oxygen atoms in total. The van der Waals surface area contributed by atoms with Gasteiger partial charge in [-0.2, -0.15) is 11.8 Å². The summed E-state index contributed by atoms with van der Waals surface area (Å²) in [6.45, 7) is 4.61. The molecule has 1 amide bonds. The van der Waals surface area contributed by atoms with Crippen LogP contribution in [0.1, 0.15) is 31.2 Å². The number of nitrogens with zero attached hydrogens (tertiary/aromatic N) is 3. The van der Waals surface area contributed by atoms with E-state index in [0.717, 1.165) is 29.4 Å². The third-order valence-electron chi connectivity index (χ3n) is 3.25. The van der Waals surface area contributed by atoms with Crippen molar-refractivity contribution < 1.29 is 4.79 Å². The van der Waals surface area contributed by atoms with Crippen molar-refractivity contribution in [3.63, 3.8) is 0 Å². The average molecular weight is 318 g/mol. The summed E-state index contributed by atoms with van der Waals surface area (Å²) in [5.74, 6) is 3.36. The molecular weight excluding hydrogens is 296 g/mol. The lowest BCUT2D eigenvalue weighted by molar-refractivity contribution is -0.118. The second-order valence-corrected chi connectivity index (χ2v) is 6.15. The highest BCUT2D eigenvalue weighted by Gasteiger charge is 2.05. The molecule has 1 N–H and O–H groups in total. The largest absolute Gasteiger partial charge is 0.351 e. The Morgan fingerprint density at radius 3 is 2.95 bits per heavy atom. The van der Waals surface area contributed by atoms with Gasteiger partial charge in [0, 0.05) is 25.1 Å². The topological polar surface area (TPSA) is 59.8 Å². The minimum atomic E-state index is 0.0817. The lowest BCUT2D eigenvalue weighted by atomic mass is 10.2.